The number of carboxylic acids is 1. The van der Waals surface area contributed by atoms with Gasteiger partial charge in [-0.05, 0) is 19.3 Å². The van der Waals surface area contributed by atoms with E-state index in [0.29, 0.717) is 12.5 Å². The lowest BCUT2D eigenvalue weighted by atomic mass is 10.1. The van der Waals surface area contributed by atoms with Gasteiger partial charge in [0.25, 0.3) is 0 Å². The lowest BCUT2D eigenvalue weighted by Crippen LogP contribution is -2.37. The standard InChI is InChI=1S/C11H21NO4S/c1-8(2)4-6-12-11(15)9(3)17(16)7-5-10(13)14/h8-9H,4-7H2,1-3H3,(H,12,15)(H,13,14). The maximum Gasteiger partial charge on any atom is 0.304 e. The van der Waals surface area contributed by atoms with E-state index in [1.165, 1.54) is 0 Å². The first kappa shape index (κ1) is 16.1. The topological polar surface area (TPSA) is 83.5 Å². The fourth-order valence-corrected chi connectivity index (χ4v) is 2.16. The fourth-order valence-electron chi connectivity index (χ4n) is 1.11. The molecule has 0 aromatic carbocycles. The highest BCUT2D eigenvalue weighted by Crippen LogP contribution is 2.01. The quantitative estimate of drug-likeness (QED) is 0.677. The molecule has 5 nitrogen and oxygen atoms in total. The summed E-state index contributed by atoms with van der Waals surface area (Å²) >= 11 is 0. The molecule has 0 aliphatic rings. The molecule has 0 aromatic heterocycles. The highest BCUT2D eigenvalue weighted by molar-refractivity contribution is 7.86. The van der Waals surface area contributed by atoms with Crippen molar-refractivity contribution in [1.29, 1.82) is 0 Å². The monoisotopic (exact) mass is 263 g/mol. The first-order valence-electron chi connectivity index (χ1n) is 5.71. The van der Waals surface area contributed by atoms with Crippen molar-refractivity contribution >= 4 is 22.7 Å². The van der Waals surface area contributed by atoms with Crippen molar-refractivity contribution in [3.8, 4) is 0 Å². The van der Waals surface area contributed by atoms with Crippen LogP contribution in [0.5, 0.6) is 0 Å². The van der Waals surface area contributed by atoms with Gasteiger partial charge in [0.15, 0.2) is 0 Å². The number of nitrogens with one attached hydrogen (secondary N) is 1. The zero-order valence-electron chi connectivity index (χ0n) is 10.6. The van der Waals surface area contributed by atoms with Gasteiger partial charge < -0.3 is 10.4 Å². The minimum Gasteiger partial charge on any atom is -0.481 e. The average molecular weight is 263 g/mol. The summed E-state index contributed by atoms with van der Waals surface area (Å²) in [5.74, 6) is -0.739. The summed E-state index contributed by atoms with van der Waals surface area (Å²) in [5, 5.41) is 10.5. The van der Waals surface area contributed by atoms with Gasteiger partial charge in [-0.1, -0.05) is 13.8 Å². The minimum absolute atomic E-state index is 0.0219. The van der Waals surface area contributed by atoms with Crippen molar-refractivity contribution in [3.63, 3.8) is 0 Å². The van der Waals surface area contributed by atoms with Crippen LogP contribution in [-0.2, 0) is 20.4 Å². The first-order valence-corrected chi connectivity index (χ1v) is 7.09. The average Bonchev–Trinajstić information content (AvgIpc) is 2.24. The number of carbonyl (C=O) groups is 2. The van der Waals surface area contributed by atoms with E-state index in [1.807, 2.05) is 0 Å². The van der Waals surface area contributed by atoms with E-state index in [0.717, 1.165) is 6.42 Å². The van der Waals surface area contributed by atoms with Gasteiger partial charge in [0.2, 0.25) is 5.91 Å². The van der Waals surface area contributed by atoms with Gasteiger partial charge in [-0.3, -0.25) is 13.8 Å². The SMILES string of the molecule is CC(C)CCNC(=O)C(C)S(=O)CCC(=O)O. The summed E-state index contributed by atoms with van der Waals surface area (Å²) in [6.07, 6.45) is 0.705. The first-order chi connectivity index (χ1) is 7.84. The number of aliphatic carboxylic acids is 1. The van der Waals surface area contributed by atoms with Crippen molar-refractivity contribution in [1.82, 2.24) is 5.32 Å². The number of carbonyl (C=O) groups excluding carboxylic acids is 1. The molecule has 0 aromatic rings. The third-order valence-electron chi connectivity index (χ3n) is 2.30. The maximum atomic E-state index is 11.6. The van der Waals surface area contributed by atoms with Crippen LogP contribution in [0.3, 0.4) is 0 Å². The lowest BCUT2D eigenvalue weighted by molar-refractivity contribution is -0.136. The van der Waals surface area contributed by atoms with Gasteiger partial charge in [0, 0.05) is 23.1 Å². The molecule has 0 spiro atoms. The minimum atomic E-state index is -1.42. The Kier molecular flexibility index (Phi) is 7.78. The van der Waals surface area contributed by atoms with Crippen molar-refractivity contribution in [3.05, 3.63) is 0 Å². The predicted octanol–water partition coefficient (Wildman–Crippen LogP) is 0.761. The Bertz CT molecular complexity index is 291. The van der Waals surface area contributed by atoms with E-state index in [1.54, 1.807) is 6.92 Å². The summed E-state index contributed by atoms with van der Waals surface area (Å²) in [5.41, 5.74) is 0. The van der Waals surface area contributed by atoms with Crippen LogP contribution < -0.4 is 5.32 Å². The van der Waals surface area contributed by atoms with Crippen molar-refractivity contribution in [2.24, 2.45) is 5.92 Å². The molecule has 0 fully saturated rings. The van der Waals surface area contributed by atoms with Crippen LogP contribution in [0.15, 0.2) is 0 Å². The predicted molar refractivity (Wildman–Crippen MR) is 67.2 cm³/mol. The molecule has 0 saturated heterocycles. The molecule has 1 amide bonds. The summed E-state index contributed by atoms with van der Waals surface area (Å²) in [4.78, 5) is 21.9. The van der Waals surface area contributed by atoms with Crippen molar-refractivity contribution in [2.75, 3.05) is 12.3 Å². The third kappa shape index (κ3) is 7.90. The molecule has 2 unspecified atom stereocenters. The summed E-state index contributed by atoms with van der Waals surface area (Å²) < 4.78 is 11.6. The van der Waals surface area contributed by atoms with Crippen LogP contribution in [-0.4, -0.2) is 38.7 Å². The molecule has 0 heterocycles. The van der Waals surface area contributed by atoms with Gasteiger partial charge in [-0.25, -0.2) is 0 Å². The maximum absolute atomic E-state index is 11.6. The summed E-state index contributed by atoms with van der Waals surface area (Å²) in [6, 6.07) is 0. The third-order valence-corrected chi connectivity index (χ3v) is 3.91. The molecule has 0 rings (SSSR count). The smallest absolute Gasteiger partial charge is 0.304 e. The number of hydrogen-bond donors (Lipinski definition) is 2. The summed E-state index contributed by atoms with van der Waals surface area (Å²) in [7, 11) is -1.42. The van der Waals surface area contributed by atoms with E-state index >= 15 is 0 Å². The molecule has 0 aliphatic heterocycles. The molecular formula is C11H21NO4S. The number of carboxylic acid groups (broad SMARTS) is 1. The molecule has 100 valence electrons. The number of hydrogen-bond acceptors (Lipinski definition) is 3. The van der Waals surface area contributed by atoms with Crippen molar-refractivity contribution in [2.45, 2.75) is 38.9 Å². The zero-order chi connectivity index (χ0) is 13.4. The highest BCUT2D eigenvalue weighted by Gasteiger charge is 2.19. The van der Waals surface area contributed by atoms with Crippen LogP contribution in [0.4, 0.5) is 0 Å². The van der Waals surface area contributed by atoms with Gasteiger partial charge in [-0.2, -0.15) is 0 Å². The normalized spacial score (nSPS) is 14.4. The second-order valence-electron chi connectivity index (χ2n) is 4.34. The van der Waals surface area contributed by atoms with E-state index in [4.69, 9.17) is 5.11 Å². The van der Waals surface area contributed by atoms with Crippen LogP contribution >= 0.6 is 0 Å². The van der Waals surface area contributed by atoms with Gasteiger partial charge in [0.1, 0.15) is 5.25 Å². The molecule has 2 atom stereocenters. The second-order valence-corrected chi connectivity index (χ2v) is 6.22. The van der Waals surface area contributed by atoms with Crippen LogP contribution in [0.2, 0.25) is 0 Å². The molecule has 0 bridgehead atoms. The van der Waals surface area contributed by atoms with Crippen LogP contribution in [0, 0.1) is 5.92 Å². The Hall–Kier alpha value is -0.910. The van der Waals surface area contributed by atoms with Crippen LogP contribution in [0.1, 0.15) is 33.6 Å². The molecule has 0 aliphatic carbocycles. The fraction of sp³-hybridized carbons (Fsp3) is 0.818. The Balaban J connectivity index is 3.94. The Morgan fingerprint density at radius 3 is 2.35 bits per heavy atom. The lowest BCUT2D eigenvalue weighted by Gasteiger charge is -2.12. The van der Waals surface area contributed by atoms with E-state index in [9.17, 15) is 13.8 Å². The van der Waals surface area contributed by atoms with E-state index < -0.39 is 22.0 Å². The molecule has 17 heavy (non-hydrogen) atoms. The van der Waals surface area contributed by atoms with Crippen LogP contribution in [0.25, 0.3) is 0 Å². The van der Waals surface area contributed by atoms with Gasteiger partial charge in [-0.15, -0.1) is 0 Å². The summed E-state index contributed by atoms with van der Waals surface area (Å²) in [6.45, 7) is 6.24. The molecule has 6 heteroatoms. The largest absolute Gasteiger partial charge is 0.481 e. The van der Waals surface area contributed by atoms with Gasteiger partial charge in [0.05, 0.1) is 6.42 Å². The molecule has 0 radical (unpaired) electrons. The second kappa shape index (κ2) is 8.22. The molecule has 0 saturated carbocycles. The molecule has 2 N–H and O–H groups in total. The van der Waals surface area contributed by atoms with E-state index in [2.05, 4.69) is 19.2 Å². The molecular weight excluding hydrogens is 242 g/mol. The number of rotatable bonds is 8. The Morgan fingerprint density at radius 1 is 1.29 bits per heavy atom. The Labute approximate surface area is 104 Å². The van der Waals surface area contributed by atoms with E-state index in [-0.39, 0.29) is 18.1 Å². The highest BCUT2D eigenvalue weighted by atomic mass is 32.2. The van der Waals surface area contributed by atoms with Gasteiger partial charge >= 0.3 is 5.97 Å². The number of amides is 1. The van der Waals surface area contributed by atoms with Crippen molar-refractivity contribution < 1.29 is 18.9 Å². The zero-order valence-corrected chi connectivity index (χ0v) is 11.4. The Morgan fingerprint density at radius 2 is 1.88 bits per heavy atom.